The number of benzene rings is 1. The number of hydrogen-bond donors (Lipinski definition) is 2. The molecule has 2 saturated heterocycles. The van der Waals surface area contributed by atoms with E-state index in [-0.39, 0.29) is 42.3 Å². The van der Waals surface area contributed by atoms with Crippen LogP contribution in [0.2, 0.25) is 0 Å². The lowest BCUT2D eigenvalue weighted by atomic mass is 9.84. The van der Waals surface area contributed by atoms with Gasteiger partial charge in [-0.25, -0.2) is 10.4 Å². The van der Waals surface area contributed by atoms with Crippen LogP contribution in [0.1, 0.15) is 96.0 Å². The van der Waals surface area contributed by atoms with Gasteiger partial charge in [0.05, 0.1) is 36.4 Å². The van der Waals surface area contributed by atoms with E-state index in [1.54, 1.807) is 13.3 Å². The molecule has 324 valence electrons. The molecule has 0 spiro atoms. The number of aromatic nitrogens is 2. The molecule has 14 heteroatoms. The number of thiazole rings is 1. The van der Waals surface area contributed by atoms with Gasteiger partial charge in [0.2, 0.25) is 5.91 Å². The number of methoxy groups -OCH3 is 1. The largest absolute Gasteiger partial charge is 0.464 e. The number of carbonyl (C=O) groups is 3. The molecule has 2 N–H and O–H groups in total. The molecule has 3 aromatic rings. The molecule has 3 fully saturated rings. The Morgan fingerprint density at radius 1 is 1.23 bits per heavy atom. The van der Waals surface area contributed by atoms with Crippen molar-refractivity contribution in [3.05, 3.63) is 58.2 Å². The third-order valence-corrected chi connectivity index (χ3v) is 13.4. The van der Waals surface area contributed by atoms with Crippen molar-refractivity contribution in [2.24, 2.45) is 28.2 Å². The Bertz CT molecular complexity index is 2130. The van der Waals surface area contributed by atoms with Gasteiger partial charge < -0.3 is 28.8 Å². The summed E-state index contributed by atoms with van der Waals surface area (Å²) < 4.78 is 26.7. The highest BCUT2D eigenvalue weighted by molar-refractivity contribution is 7.10. The Kier molecular flexibility index (Phi) is 13.8. The van der Waals surface area contributed by atoms with Gasteiger partial charge in [0, 0.05) is 78.4 Å². The molecule has 1 aromatic carbocycles. The highest BCUT2D eigenvalue weighted by atomic mass is 32.1. The van der Waals surface area contributed by atoms with Crippen LogP contribution in [-0.2, 0) is 46.3 Å². The summed E-state index contributed by atoms with van der Waals surface area (Å²) in [6.07, 6.45) is 6.56. The van der Waals surface area contributed by atoms with Crippen LogP contribution in [-0.4, -0.2) is 96.8 Å². The smallest absolute Gasteiger partial charge is 0.324 e. The zero-order valence-electron chi connectivity index (χ0n) is 36.3. The second-order valence-electron chi connectivity index (χ2n) is 17.5. The van der Waals surface area contributed by atoms with E-state index in [1.807, 2.05) is 32.2 Å². The number of esters is 1. The van der Waals surface area contributed by atoms with Crippen LogP contribution in [0.15, 0.2) is 46.9 Å². The first-order chi connectivity index (χ1) is 28.9. The molecule has 60 heavy (non-hydrogen) atoms. The van der Waals surface area contributed by atoms with Gasteiger partial charge in [0.25, 0.3) is 5.91 Å². The summed E-state index contributed by atoms with van der Waals surface area (Å²) >= 11 is 1.42. The van der Waals surface area contributed by atoms with Gasteiger partial charge in [-0.15, -0.1) is 11.3 Å². The number of hydrazine groups is 1. The van der Waals surface area contributed by atoms with Crippen molar-refractivity contribution in [1.29, 1.82) is 0 Å². The number of allylic oxidation sites excluding steroid dienone is 2. The third kappa shape index (κ3) is 9.32. The normalized spacial score (nSPS) is 26.1. The maximum absolute atomic E-state index is 14.8. The lowest BCUT2D eigenvalue weighted by Crippen LogP contribution is -2.61. The van der Waals surface area contributed by atoms with Crippen LogP contribution in [0.5, 0.6) is 0 Å². The molecule has 5 heterocycles. The Labute approximate surface area is 357 Å². The highest BCUT2D eigenvalue weighted by Gasteiger charge is 2.45. The Hall–Kier alpha value is -4.21. The van der Waals surface area contributed by atoms with Gasteiger partial charge in [-0.3, -0.25) is 24.4 Å². The van der Waals surface area contributed by atoms with E-state index in [0.29, 0.717) is 57.2 Å². The quantitative estimate of drug-likeness (QED) is 0.118. The summed E-state index contributed by atoms with van der Waals surface area (Å²) in [5.41, 5.74) is 9.09. The van der Waals surface area contributed by atoms with E-state index in [0.717, 1.165) is 64.0 Å². The molecule has 2 amide bonds. The molecular formula is C46H62N6O7S. The molecule has 7 rings (SSSR count). The molecular weight excluding hydrogens is 781 g/mol. The molecule has 6 atom stereocenters. The molecule has 6 bridgehead atoms. The number of rotatable bonds is 11. The topological polar surface area (TPSA) is 146 Å². The molecule has 3 aliphatic heterocycles. The number of ether oxygens (including phenoxy) is 4. The monoisotopic (exact) mass is 842 g/mol. The number of hydrogen-bond acceptors (Lipinski definition) is 11. The van der Waals surface area contributed by atoms with E-state index in [2.05, 4.69) is 60.9 Å². The average molecular weight is 843 g/mol. The first kappa shape index (κ1) is 43.9. The molecule has 0 unspecified atom stereocenters. The maximum Gasteiger partial charge on any atom is 0.324 e. The minimum absolute atomic E-state index is 0.146. The highest BCUT2D eigenvalue weighted by Crippen LogP contribution is 2.42. The summed E-state index contributed by atoms with van der Waals surface area (Å²) in [6, 6.07) is 4.58. The summed E-state index contributed by atoms with van der Waals surface area (Å²) in [6.45, 7) is 19.4. The number of aliphatic imine (C=N–C) groups is 1. The van der Waals surface area contributed by atoms with Crippen LogP contribution < -0.4 is 10.7 Å². The van der Waals surface area contributed by atoms with Crippen LogP contribution in [0.25, 0.3) is 27.7 Å². The number of aryl methyl sites for hydroxylation is 1. The average Bonchev–Trinajstić information content (AvgIpc) is 3.66. The number of nitrogens with one attached hydrogen (secondary N) is 2. The first-order valence-electron chi connectivity index (χ1n) is 21.6. The number of cyclic esters (lactones) is 1. The van der Waals surface area contributed by atoms with E-state index < -0.39 is 29.6 Å². The fourth-order valence-corrected chi connectivity index (χ4v) is 9.68. The first-order valence-corrected chi connectivity index (χ1v) is 22.5. The fourth-order valence-electron chi connectivity index (χ4n) is 8.77. The van der Waals surface area contributed by atoms with Crippen LogP contribution >= 0.6 is 11.3 Å². The minimum atomic E-state index is -1.09. The van der Waals surface area contributed by atoms with Crippen LogP contribution in [0.3, 0.4) is 0 Å². The molecule has 13 nitrogen and oxygen atoms in total. The van der Waals surface area contributed by atoms with Gasteiger partial charge in [0.1, 0.15) is 23.2 Å². The van der Waals surface area contributed by atoms with E-state index in [9.17, 15) is 14.4 Å². The summed E-state index contributed by atoms with van der Waals surface area (Å²) in [5, 5.41) is 8.24. The van der Waals surface area contributed by atoms with Crippen molar-refractivity contribution >= 4 is 51.8 Å². The fraction of sp³-hybridized carbons (Fsp3) is 0.587. The van der Waals surface area contributed by atoms with Crippen molar-refractivity contribution in [3.63, 3.8) is 0 Å². The van der Waals surface area contributed by atoms with Crippen molar-refractivity contribution in [2.45, 2.75) is 111 Å². The van der Waals surface area contributed by atoms with E-state index in [4.69, 9.17) is 28.9 Å². The molecule has 4 aliphatic rings. The Morgan fingerprint density at radius 3 is 2.68 bits per heavy atom. The number of carbonyl (C=O) groups excluding carboxylic acids is 3. The van der Waals surface area contributed by atoms with Crippen LogP contribution in [0, 0.1) is 23.2 Å². The molecule has 1 saturated carbocycles. The SMILES string of the molecule is C=C/C(=C(\N=C/C)[C@H](C)OC)c1c2c3cc(ccc3n1CC)-c1csc(n1)[C@@H](OCC1CCOCC1)[C@H](NC(=O)[C@H]1C[C@@H]1C)C(=O)N1CCC[C@H](N1)C(=O)OCC(C)(C)C2. The van der Waals surface area contributed by atoms with Gasteiger partial charge >= 0.3 is 5.97 Å². The minimum Gasteiger partial charge on any atom is -0.464 e. The lowest BCUT2D eigenvalue weighted by Gasteiger charge is -2.37. The van der Waals surface area contributed by atoms with Crippen molar-refractivity contribution < 1.29 is 33.3 Å². The predicted octanol–water partition coefficient (Wildman–Crippen LogP) is 7.05. The predicted molar refractivity (Wildman–Crippen MR) is 234 cm³/mol. The number of amides is 2. The van der Waals surface area contributed by atoms with Gasteiger partial charge in [-0.1, -0.05) is 39.5 Å². The van der Waals surface area contributed by atoms with E-state index in [1.165, 1.54) is 16.3 Å². The Morgan fingerprint density at radius 2 is 2.00 bits per heavy atom. The third-order valence-electron chi connectivity index (χ3n) is 12.4. The second kappa shape index (κ2) is 18.8. The van der Waals surface area contributed by atoms with Crippen molar-refractivity contribution in [2.75, 3.05) is 40.1 Å². The number of fused-ring (bicyclic) bond motifs is 6. The van der Waals surface area contributed by atoms with Crippen molar-refractivity contribution in [3.8, 4) is 11.3 Å². The molecule has 1 aliphatic carbocycles. The Balaban J connectivity index is 1.40. The van der Waals surface area contributed by atoms with Crippen LogP contribution in [0.4, 0.5) is 0 Å². The van der Waals surface area contributed by atoms with Gasteiger partial charge in [0.15, 0.2) is 0 Å². The second-order valence-corrected chi connectivity index (χ2v) is 18.4. The summed E-state index contributed by atoms with van der Waals surface area (Å²) in [4.78, 5) is 52.4. The standard InChI is InChI=1S/C46H62N6O7S/c1-9-31(38(47-10-2)28(5)56-8)40-34-23-46(6,7)26-59-45(55)35-13-12-18-52(50-35)44(54)39(49-42(53)32-21-27(32)4)41(58-24-29-16-19-57-20-17-29)43-48-36(25-60-43)30-14-15-37(33(34)22-30)51(40)11-3/h9-10,14-15,22,25,27-29,32,35,39,41,50H,1,11-13,16-21,23-24,26H2,2-8H3,(H,49,53)/b38-31+,47-10-/t27-,28-,32-,35-,39-,41-/m0/s1. The van der Waals surface area contributed by atoms with Gasteiger partial charge in [-0.2, -0.15) is 0 Å². The summed E-state index contributed by atoms with van der Waals surface area (Å²) in [7, 11) is 1.68. The summed E-state index contributed by atoms with van der Waals surface area (Å²) in [5.74, 6) is -0.674. The number of nitrogens with zero attached hydrogens (tertiary/aromatic N) is 4. The molecule has 0 radical (unpaired) electrons. The zero-order valence-corrected chi connectivity index (χ0v) is 37.1. The lowest BCUT2D eigenvalue weighted by molar-refractivity contribution is -0.157. The van der Waals surface area contributed by atoms with Crippen molar-refractivity contribution in [1.82, 2.24) is 25.3 Å². The maximum atomic E-state index is 14.8. The van der Waals surface area contributed by atoms with E-state index >= 15 is 0 Å². The molecule has 2 aromatic heterocycles. The van der Waals surface area contributed by atoms with Gasteiger partial charge in [-0.05, 0) is 88.8 Å². The zero-order chi connectivity index (χ0) is 42.7.